The number of rotatable bonds is 6. The normalized spacial score (nSPS) is 11.0. The summed E-state index contributed by atoms with van der Waals surface area (Å²) in [4.78, 5) is 17.1. The van der Waals surface area contributed by atoms with Crippen molar-refractivity contribution < 1.29 is 4.79 Å². The van der Waals surface area contributed by atoms with E-state index in [9.17, 15) is 4.79 Å². The molecule has 0 atom stereocenters. The number of benzene rings is 3. The third-order valence-electron chi connectivity index (χ3n) is 4.53. The molecular formula is C23H18Br2N2OS. The first-order chi connectivity index (χ1) is 14.1. The van der Waals surface area contributed by atoms with Gasteiger partial charge in [-0.05, 0) is 48.0 Å². The van der Waals surface area contributed by atoms with Crippen LogP contribution in [0.5, 0.6) is 0 Å². The molecule has 0 aliphatic heterocycles. The number of fused-ring (bicyclic) bond motifs is 1. The SMILES string of the molecule is O=C(NCCSc1c(-c2ccc(Br)cc2)[nH]c2ccccc12)c1ccc(Br)cc1. The van der Waals surface area contributed by atoms with Crippen molar-refractivity contribution in [1.82, 2.24) is 10.3 Å². The fraction of sp³-hybridized carbons (Fsp3) is 0.0870. The van der Waals surface area contributed by atoms with E-state index < -0.39 is 0 Å². The number of carbonyl (C=O) groups excluding carboxylic acids is 1. The highest BCUT2D eigenvalue weighted by Crippen LogP contribution is 2.37. The second-order valence-electron chi connectivity index (χ2n) is 6.49. The highest BCUT2D eigenvalue weighted by atomic mass is 79.9. The first-order valence-corrected chi connectivity index (χ1v) is 11.7. The van der Waals surface area contributed by atoms with Gasteiger partial charge in [0.1, 0.15) is 0 Å². The maximum Gasteiger partial charge on any atom is 0.251 e. The lowest BCUT2D eigenvalue weighted by Crippen LogP contribution is -2.25. The Morgan fingerprint density at radius 3 is 2.28 bits per heavy atom. The Morgan fingerprint density at radius 1 is 0.897 bits per heavy atom. The Labute approximate surface area is 190 Å². The predicted molar refractivity (Wildman–Crippen MR) is 129 cm³/mol. The van der Waals surface area contributed by atoms with Gasteiger partial charge >= 0.3 is 0 Å². The van der Waals surface area contributed by atoms with Crippen LogP contribution in [-0.4, -0.2) is 23.2 Å². The number of para-hydroxylation sites is 1. The molecule has 1 amide bonds. The second kappa shape index (κ2) is 9.20. The number of thioether (sulfide) groups is 1. The number of aromatic amines is 1. The third-order valence-corrected chi connectivity index (χ3v) is 6.71. The average molecular weight is 530 g/mol. The maximum absolute atomic E-state index is 12.3. The summed E-state index contributed by atoms with van der Waals surface area (Å²) < 4.78 is 2.02. The van der Waals surface area contributed by atoms with Crippen LogP contribution in [0.2, 0.25) is 0 Å². The van der Waals surface area contributed by atoms with Gasteiger partial charge in [-0.15, -0.1) is 11.8 Å². The maximum atomic E-state index is 12.3. The van der Waals surface area contributed by atoms with Crippen LogP contribution in [0.25, 0.3) is 22.2 Å². The minimum Gasteiger partial charge on any atom is -0.354 e. The molecule has 0 bridgehead atoms. The standard InChI is InChI=1S/C23H18Br2N2OS/c24-17-9-5-15(6-10-17)21-22(19-3-1-2-4-20(19)27-21)29-14-13-26-23(28)16-7-11-18(25)12-8-16/h1-12,27H,13-14H2,(H,26,28). The minimum absolute atomic E-state index is 0.0508. The lowest BCUT2D eigenvalue weighted by atomic mass is 10.1. The summed E-state index contributed by atoms with van der Waals surface area (Å²) in [5.74, 6) is 0.735. The number of hydrogen-bond donors (Lipinski definition) is 2. The fourth-order valence-corrected chi connectivity index (χ4v) is 4.69. The van der Waals surface area contributed by atoms with Crippen molar-refractivity contribution in [3.05, 3.63) is 87.3 Å². The van der Waals surface area contributed by atoms with Crippen molar-refractivity contribution in [2.24, 2.45) is 0 Å². The molecule has 0 radical (unpaired) electrons. The van der Waals surface area contributed by atoms with Crippen molar-refractivity contribution in [2.45, 2.75) is 4.90 Å². The zero-order chi connectivity index (χ0) is 20.2. The number of hydrogen-bond acceptors (Lipinski definition) is 2. The van der Waals surface area contributed by atoms with Crippen molar-refractivity contribution >= 4 is 60.4 Å². The van der Waals surface area contributed by atoms with Gasteiger partial charge in [0.15, 0.2) is 0 Å². The molecule has 6 heteroatoms. The molecular weight excluding hydrogens is 512 g/mol. The molecule has 0 unspecified atom stereocenters. The van der Waals surface area contributed by atoms with Crippen LogP contribution in [0.1, 0.15) is 10.4 Å². The van der Waals surface area contributed by atoms with Crippen molar-refractivity contribution in [3.63, 3.8) is 0 Å². The number of nitrogens with one attached hydrogen (secondary N) is 2. The molecule has 4 rings (SSSR count). The van der Waals surface area contributed by atoms with Crippen LogP contribution in [0.4, 0.5) is 0 Å². The lowest BCUT2D eigenvalue weighted by Gasteiger charge is -2.07. The Morgan fingerprint density at radius 2 is 1.55 bits per heavy atom. The molecule has 0 aliphatic rings. The van der Waals surface area contributed by atoms with Gasteiger partial charge in [0.2, 0.25) is 0 Å². The van der Waals surface area contributed by atoms with E-state index in [-0.39, 0.29) is 5.91 Å². The van der Waals surface area contributed by atoms with E-state index in [1.165, 1.54) is 10.3 Å². The van der Waals surface area contributed by atoms with E-state index in [2.05, 4.69) is 72.5 Å². The predicted octanol–water partition coefficient (Wildman–Crippen LogP) is 6.88. The first-order valence-electron chi connectivity index (χ1n) is 9.15. The van der Waals surface area contributed by atoms with E-state index in [4.69, 9.17) is 0 Å². The van der Waals surface area contributed by atoms with Crippen LogP contribution >= 0.6 is 43.6 Å². The number of aromatic nitrogens is 1. The van der Waals surface area contributed by atoms with Crippen molar-refractivity contribution in [2.75, 3.05) is 12.3 Å². The Kier molecular flexibility index (Phi) is 6.43. The Balaban J connectivity index is 1.48. The number of H-pyrrole nitrogens is 1. The molecule has 0 aliphatic carbocycles. The molecule has 3 nitrogen and oxygen atoms in total. The lowest BCUT2D eigenvalue weighted by molar-refractivity contribution is 0.0956. The summed E-state index contributed by atoms with van der Waals surface area (Å²) in [6, 6.07) is 24.0. The fourth-order valence-electron chi connectivity index (χ4n) is 3.11. The summed E-state index contributed by atoms with van der Waals surface area (Å²) >= 11 is 8.65. The van der Waals surface area contributed by atoms with E-state index in [0.717, 1.165) is 31.5 Å². The molecule has 3 aromatic carbocycles. The van der Waals surface area contributed by atoms with Gasteiger partial charge in [0, 0.05) is 42.6 Å². The molecule has 0 fully saturated rings. The molecule has 146 valence electrons. The van der Waals surface area contributed by atoms with Gasteiger partial charge in [-0.25, -0.2) is 0 Å². The molecule has 1 aromatic heterocycles. The molecule has 2 N–H and O–H groups in total. The summed E-state index contributed by atoms with van der Waals surface area (Å²) in [6.45, 7) is 0.596. The van der Waals surface area contributed by atoms with E-state index >= 15 is 0 Å². The van der Waals surface area contributed by atoms with Crippen LogP contribution in [0.15, 0.2) is 86.6 Å². The van der Waals surface area contributed by atoms with Gasteiger partial charge in [0.05, 0.1) is 5.69 Å². The zero-order valence-corrected chi connectivity index (χ0v) is 19.4. The first kappa shape index (κ1) is 20.3. The molecule has 0 saturated heterocycles. The smallest absolute Gasteiger partial charge is 0.251 e. The van der Waals surface area contributed by atoms with E-state index in [0.29, 0.717) is 12.1 Å². The largest absolute Gasteiger partial charge is 0.354 e. The van der Waals surface area contributed by atoms with Crippen LogP contribution < -0.4 is 5.32 Å². The van der Waals surface area contributed by atoms with Gasteiger partial charge in [0.25, 0.3) is 5.91 Å². The van der Waals surface area contributed by atoms with E-state index in [1.807, 2.05) is 42.5 Å². The third kappa shape index (κ3) is 4.77. The second-order valence-corrected chi connectivity index (χ2v) is 9.43. The monoisotopic (exact) mass is 528 g/mol. The Bertz CT molecular complexity index is 1140. The van der Waals surface area contributed by atoms with Crippen molar-refractivity contribution in [1.29, 1.82) is 0 Å². The number of amides is 1. The molecule has 0 saturated carbocycles. The minimum atomic E-state index is -0.0508. The highest BCUT2D eigenvalue weighted by Gasteiger charge is 2.14. The number of carbonyl (C=O) groups is 1. The van der Waals surface area contributed by atoms with Gasteiger partial charge < -0.3 is 10.3 Å². The quantitative estimate of drug-likeness (QED) is 0.211. The summed E-state index contributed by atoms with van der Waals surface area (Å²) in [6.07, 6.45) is 0. The topological polar surface area (TPSA) is 44.9 Å². The molecule has 1 heterocycles. The summed E-state index contributed by atoms with van der Waals surface area (Å²) in [5, 5.41) is 4.21. The highest BCUT2D eigenvalue weighted by molar-refractivity contribution is 9.10. The summed E-state index contributed by atoms with van der Waals surface area (Å²) in [5.41, 5.74) is 4.04. The van der Waals surface area contributed by atoms with E-state index in [1.54, 1.807) is 11.8 Å². The Hall–Kier alpha value is -2.02. The van der Waals surface area contributed by atoms with Crippen LogP contribution in [-0.2, 0) is 0 Å². The molecule has 0 spiro atoms. The van der Waals surface area contributed by atoms with Gasteiger partial charge in [-0.2, -0.15) is 0 Å². The van der Waals surface area contributed by atoms with Gasteiger partial charge in [-0.1, -0.05) is 62.2 Å². The zero-order valence-electron chi connectivity index (χ0n) is 15.4. The van der Waals surface area contributed by atoms with Crippen molar-refractivity contribution in [3.8, 4) is 11.3 Å². The summed E-state index contributed by atoms with van der Waals surface area (Å²) in [7, 11) is 0. The average Bonchev–Trinajstić information content (AvgIpc) is 3.10. The molecule has 29 heavy (non-hydrogen) atoms. The molecule has 4 aromatic rings. The van der Waals surface area contributed by atoms with Crippen LogP contribution in [0, 0.1) is 0 Å². The van der Waals surface area contributed by atoms with Gasteiger partial charge in [-0.3, -0.25) is 4.79 Å². The van der Waals surface area contributed by atoms with Crippen LogP contribution in [0.3, 0.4) is 0 Å². The number of halogens is 2.